The van der Waals surface area contributed by atoms with Crippen LogP contribution in [-0.2, 0) is 0 Å². The first-order valence-corrected chi connectivity index (χ1v) is 11.0. The third-order valence-electron chi connectivity index (χ3n) is 5.37. The Labute approximate surface area is 192 Å². The molecular weight excluding hydrogens is 426 g/mol. The average Bonchev–Trinajstić information content (AvgIpc) is 2.80. The second-order valence-electron chi connectivity index (χ2n) is 7.92. The van der Waals surface area contributed by atoms with E-state index in [2.05, 4.69) is 20.2 Å². The van der Waals surface area contributed by atoms with Crippen LogP contribution in [0.2, 0.25) is 5.02 Å². The number of carbonyl (C=O) groups is 1. The lowest BCUT2D eigenvalue weighted by Gasteiger charge is -2.35. The topological polar surface area (TPSA) is 81.6 Å². The van der Waals surface area contributed by atoms with E-state index in [1.165, 1.54) is 0 Å². The van der Waals surface area contributed by atoms with Gasteiger partial charge < -0.3 is 15.3 Å². The van der Waals surface area contributed by atoms with Crippen molar-refractivity contribution in [1.29, 1.82) is 0 Å². The minimum atomic E-state index is -0.354. The maximum atomic E-state index is 12.8. The van der Waals surface area contributed by atoms with Gasteiger partial charge in [-0.1, -0.05) is 23.7 Å². The normalized spacial score (nSPS) is 15.4. The van der Waals surface area contributed by atoms with Crippen molar-refractivity contribution < 1.29 is 9.90 Å². The van der Waals surface area contributed by atoms with Gasteiger partial charge in [-0.25, -0.2) is 9.97 Å². The number of halogens is 1. The monoisotopic (exact) mass is 451 g/mol. The molecule has 3 aromatic rings. The second kappa shape index (κ2) is 10.1. The lowest BCUT2D eigenvalue weighted by Crippen LogP contribution is -2.50. The highest BCUT2D eigenvalue weighted by Crippen LogP contribution is 2.22. The van der Waals surface area contributed by atoms with Crippen LogP contribution in [0.25, 0.3) is 11.3 Å². The van der Waals surface area contributed by atoms with Gasteiger partial charge in [0.15, 0.2) is 0 Å². The zero-order valence-electron chi connectivity index (χ0n) is 17.9. The summed E-state index contributed by atoms with van der Waals surface area (Å²) in [6.45, 7) is 5.30. The van der Waals surface area contributed by atoms with Gasteiger partial charge in [0.25, 0.3) is 5.91 Å². The molecule has 0 spiro atoms. The Morgan fingerprint density at radius 2 is 1.75 bits per heavy atom. The first-order valence-electron chi connectivity index (χ1n) is 10.6. The van der Waals surface area contributed by atoms with Crippen LogP contribution in [0.1, 0.15) is 17.3 Å². The number of nitrogens with one attached hydrogen (secondary N) is 1. The summed E-state index contributed by atoms with van der Waals surface area (Å²) in [6, 6.07) is 16.7. The molecule has 1 aliphatic rings. The molecule has 0 saturated carbocycles. The van der Waals surface area contributed by atoms with Crippen LogP contribution >= 0.6 is 11.6 Å². The summed E-state index contributed by atoms with van der Waals surface area (Å²) < 4.78 is 0. The highest BCUT2D eigenvalue weighted by atomic mass is 35.5. The van der Waals surface area contributed by atoms with Crippen LogP contribution < -0.4 is 5.32 Å². The molecule has 1 saturated heterocycles. The number of benzene rings is 2. The summed E-state index contributed by atoms with van der Waals surface area (Å²) in [6.07, 6.45) is 1.35. The summed E-state index contributed by atoms with van der Waals surface area (Å²) in [4.78, 5) is 25.7. The molecule has 1 aromatic heterocycles. The van der Waals surface area contributed by atoms with Crippen molar-refractivity contribution in [3.05, 3.63) is 71.4 Å². The molecule has 0 unspecified atom stereocenters. The number of aromatic nitrogens is 2. The fraction of sp³-hybridized carbons (Fsp3) is 0.292. The molecule has 0 radical (unpaired) electrons. The zero-order valence-corrected chi connectivity index (χ0v) is 18.7. The zero-order chi connectivity index (χ0) is 22.5. The maximum Gasteiger partial charge on any atom is 0.253 e. The summed E-state index contributed by atoms with van der Waals surface area (Å²) >= 11 is 5.96. The Bertz CT molecular complexity index is 1050. The predicted octanol–water partition coefficient (Wildman–Crippen LogP) is 3.68. The number of nitrogens with zero attached hydrogens (tertiary/aromatic N) is 4. The fourth-order valence-corrected chi connectivity index (χ4v) is 3.84. The second-order valence-corrected chi connectivity index (χ2v) is 8.35. The van der Waals surface area contributed by atoms with E-state index in [1.807, 2.05) is 59.5 Å². The highest BCUT2D eigenvalue weighted by Gasteiger charge is 2.22. The van der Waals surface area contributed by atoms with Crippen molar-refractivity contribution in [1.82, 2.24) is 19.8 Å². The molecule has 166 valence electrons. The van der Waals surface area contributed by atoms with Crippen molar-refractivity contribution in [2.24, 2.45) is 0 Å². The van der Waals surface area contributed by atoms with Gasteiger partial charge in [0.2, 0.25) is 5.95 Å². The summed E-state index contributed by atoms with van der Waals surface area (Å²) in [7, 11) is 0. The smallest absolute Gasteiger partial charge is 0.253 e. The standard InChI is InChI=1S/C24H26ClN5O2/c1-17(31)16-29-12-14-30(15-13-29)23(32)19-4-8-21(9-5-19)27-24-26-11-10-22(28-24)18-2-6-20(25)7-3-18/h2-11,17,31H,12-16H2,1H3,(H,26,27,28)/t17-/m1/s1. The van der Waals surface area contributed by atoms with Crippen molar-refractivity contribution in [3.63, 3.8) is 0 Å². The molecule has 32 heavy (non-hydrogen) atoms. The van der Waals surface area contributed by atoms with Gasteiger partial charge in [-0.05, 0) is 49.4 Å². The first kappa shape index (κ1) is 22.2. The van der Waals surface area contributed by atoms with Crippen molar-refractivity contribution in [2.45, 2.75) is 13.0 Å². The van der Waals surface area contributed by atoms with E-state index >= 15 is 0 Å². The summed E-state index contributed by atoms with van der Waals surface area (Å²) in [5, 5.41) is 13.4. The predicted molar refractivity (Wildman–Crippen MR) is 126 cm³/mol. The number of carbonyl (C=O) groups excluding carboxylic acids is 1. The van der Waals surface area contributed by atoms with Crippen molar-refractivity contribution in [2.75, 3.05) is 38.0 Å². The van der Waals surface area contributed by atoms with Crippen LogP contribution in [0.3, 0.4) is 0 Å². The molecule has 1 atom stereocenters. The SMILES string of the molecule is C[C@@H](O)CN1CCN(C(=O)c2ccc(Nc3nccc(-c4ccc(Cl)cc4)n3)cc2)CC1. The largest absolute Gasteiger partial charge is 0.392 e. The molecule has 1 fully saturated rings. The average molecular weight is 452 g/mol. The Balaban J connectivity index is 1.37. The van der Waals surface area contributed by atoms with E-state index in [1.54, 1.807) is 13.1 Å². The number of β-amino-alcohol motifs (C(OH)–C–C–N with tert-alkyl or cyclic N) is 1. The van der Waals surface area contributed by atoms with E-state index in [4.69, 9.17) is 11.6 Å². The Morgan fingerprint density at radius 1 is 1.06 bits per heavy atom. The van der Waals surface area contributed by atoms with E-state index in [-0.39, 0.29) is 12.0 Å². The van der Waals surface area contributed by atoms with Gasteiger partial charge in [0, 0.05) is 60.8 Å². The van der Waals surface area contributed by atoms with Crippen molar-refractivity contribution in [3.8, 4) is 11.3 Å². The molecule has 2 aromatic carbocycles. The van der Waals surface area contributed by atoms with Gasteiger partial charge >= 0.3 is 0 Å². The molecule has 7 nitrogen and oxygen atoms in total. The Hall–Kier alpha value is -3.00. The minimum Gasteiger partial charge on any atom is -0.392 e. The third-order valence-corrected chi connectivity index (χ3v) is 5.62. The first-order chi connectivity index (χ1) is 15.5. The quantitative estimate of drug-likeness (QED) is 0.595. The van der Waals surface area contributed by atoms with E-state index in [0.717, 1.165) is 30.0 Å². The van der Waals surface area contributed by atoms with Crippen LogP contribution in [-0.4, -0.2) is 69.6 Å². The van der Waals surface area contributed by atoms with E-state index in [0.29, 0.717) is 36.2 Å². The number of amides is 1. The van der Waals surface area contributed by atoms with Crippen LogP contribution in [0.4, 0.5) is 11.6 Å². The van der Waals surface area contributed by atoms with Gasteiger partial charge in [0.1, 0.15) is 0 Å². The number of rotatable bonds is 6. The van der Waals surface area contributed by atoms with Gasteiger partial charge in [0.05, 0.1) is 11.8 Å². The molecular formula is C24H26ClN5O2. The van der Waals surface area contributed by atoms with Crippen LogP contribution in [0.5, 0.6) is 0 Å². The van der Waals surface area contributed by atoms with Crippen LogP contribution in [0, 0.1) is 0 Å². The summed E-state index contributed by atoms with van der Waals surface area (Å²) in [5.74, 6) is 0.500. The fourth-order valence-electron chi connectivity index (χ4n) is 3.72. The number of hydrogen-bond donors (Lipinski definition) is 2. The lowest BCUT2D eigenvalue weighted by molar-refractivity contribution is 0.0554. The third kappa shape index (κ3) is 5.62. The minimum absolute atomic E-state index is 0.0224. The van der Waals surface area contributed by atoms with Gasteiger partial charge in [-0.2, -0.15) is 0 Å². The van der Waals surface area contributed by atoms with Gasteiger partial charge in [-0.15, -0.1) is 0 Å². The molecule has 0 bridgehead atoms. The summed E-state index contributed by atoms with van der Waals surface area (Å²) in [5.41, 5.74) is 3.20. The molecule has 1 amide bonds. The highest BCUT2D eigenvalue weighted by molar-refractivity contribution is 6.30. The number of aliphatic hydroxyl groups is 1. The number of anilines is 2. The molecule has 2 heterocycles. The molecule has 1 aliphatic heterocycles. The number of aliphatic hydroxyl groups excluding tert-OH is 1. The van der Waals surface area contributed by atoms with E-state index < -0.39 is 0 Å². The molecule has 2 N–H and O–H groups in total. The number of piperazine rings is 1. The molecule has 4 rings (SSSR count). The molecule has 8 heteroatoms. The van der Waals surface area contributed by atoms with Crippen LogP contribution in [0.15, 0.2) is 60.8 Å². The number of hydrogen-bond acceptors (Lipinski definition) is 6. The van der Waals surface area contributed by atoms with Gasteiger partial charge in [-0.3, -0.25) is 9.69 Å². The Morgan fingerprint density at radius 3 is 2.41 bits per heavy atom. The van der Waals surface area contributed by atoms with Crippen molar-refractivity contribution >= 4 is 29.1 Å². The van der Waals surface area contributed by atoms with E-state index in [9.17, 15) is 9.90 Å². The molecule has 0 aliphatic carbocycles. The lowest BCUT2D eigenvalue weighted by atomic mass is 10.1. The maximum absolute atomic E-state index is 12.8. The Kier molecular flexibility index (Phi) is 6.99.